The second kappa shape index (κ2) is 5.80. The smallest absolute Gasteiger partial charge is 0.234 e. The topological polar surface area (TPSA) is 41.6 Å². The summed E-state index contributed by atoms with van der Waals surface area (Å²) in [5.41, 5.74) is 0. The molecule has 3 rings (SSSR count). The Morgan fingerprint density at radius 3 is 2.74 bits per heavy atom. The van der Waals surface area contributed by atoms with Crippen LogP contribution in [-0.2, 0) is 9.53 Å². The van der Waals surface area contributed by atoms with Gasteiger partial charge in [0, 0.05) is 19.1 Å². The number of carbonyl (C=O) groups is 1. The van der Waals surface area contributed by atoms with Gasteiger partial charge in [-0.3, -0.25) is 9.69 Å². The second-order valence-electron chi connectivity index (χ2n) is 6.58. The summed E-state index contributed by atoms with van der Waals surface area (Å²) >= 11 is 0. The van der Waals surface area contributed by atoms with Crippen LogP contribution in [0.3, 0.4) is 0 Å². The fourth-order valence-electron chi connectivity index (χ4n) is 4.28. The van der Waals surface area contributed by atoms with E-state index in [1.165, 1.54) is 25.7 Å². The molecule has 2 saturated carbocycles. The van der Waals surface area contributed by atoms with E-state index in [1.807, 2.05) is 0 Å². The van der Waals surface area contributed by atoms with Gasteiger partial charge in [0.25, 0.3) is 0 Å². The van der Waals surface area contributed by atoms with Crippen molar-refractivity contribution in [1.29, 1.82) is 0 Å². The van der Waals surface area contributed by atoms with Crippen molar-refractivity contribution in [3.05, 3.63) is 0 Å². The van der Waals surface area contributed by atoms with Crippen LogP contribution in [0, 0.1) is 17.8 Å². The SMILES string of the molecule is C[C@@H](NC(=O)CN1CCOCC1)[C@@H]1C[C@H]2CC[C@H]1C2. The van der Waals surface area contributed by atoms with E-state index in [4.69, 9.17) is 4.74 Å². The quantitative estimate of drug-likeness (QED) is 0.833. The fourth-order valence-corrected chi connectivity index (χ4v) is 4.28. The second-order valence-corrected chi connectivity index (χ2v) is 6.58. The molecular formula is C15H26N2O2. The van der Waals surface area contributed by atoms with Crippen LogP contribution < -0.4 is 5.32 Å². The lowest BCUT2D eigenvalue weighted by atomic mass is 9.84. The number of nitrogens with zero attached hydrogens (tertiary/aromatic N) is 1. The largest absolute Gasteiger partial charge is 0.379 e. The Kier molecular flexibility index (Phi) is 4.08. The van der Waals surface area contributed by atoms with Crippen LogP contribution >= 0.6 is 0 Å². The molecule has 3 aliphatic rings. The van der Waals surface area contributed by atoms with Crippen molar-refractivity contribution < 1.29 is 9.53 Å². The molecule has 0 aromatic rings. The molecule has 1 amide bonds. The summed E-state index contributed by atoms with van der Waals surface area (Å²) < 4.78 is 5.30. The summed E-state index contributed by atoms with van der Waals surface area (Å²) in [7, 11) is 0. The zero-order chi connectivity index (χ0) is 13.2. The number of hydrogen-bond acceptors (Lipinski definition) is 3. The Morgan fingerprint density at radius 2 is 2.11 bits per heavy atom. The number of fused-ring (bicyclic) bond motifs is 2. The molecule has 0 aromatic heterocycles. The van der Waals surface area contributed by atoms with E-state index in [2.05, 4.69) is 17.1 Å². The number of morpholine rings is 1. The fraction of sp³-hybridized carbons (Fsp3) is 0.933. The zero-order valence-electron chi connectivity index (χ0n) is 11.9. The van der Waals surface area contributed by atoms with Gasteiger partial charge in [0.2, 0.25) is 5.91 Å². The lowest BCUT2D eigenvalue weighted by Crippen LogP contribution is -2.47. The molecule has 19 heavy (non-hydrogen) atoms. The van der Waals surface area contributed by atoms with Gasteiger partial charge >= 0.3 is 0 Å². The van der Waals surface area contributed by atoms with Gasteiger partial charge in [0.05, 0.1) is 19.8 Å². The van der Waals surface area contributed by atoms with Crippen molar-refractivity contribution in [2.75, 3.05) is 32.8 Å². The summed E-state index contributed by atoms with van der Waals surface area (Å²) in [6.45, 7) is 6.02. The van der Waals surface area contributed by atoms with Crippen molar-refractivity contribution in [2.24, 2.45) is 17.8 Å². The number of ether oxygens (including phenoxy) is 1. The van der Waals surface area contributed by atoms with Crippen LogP contribution in [0.1, 0.15) is 32.6 Å². The summed E-state index contributed by atoms with van der Waals surface area (Å²) in [4.78, 5) is 14.3. The minimum Gasteiger partial charge on any atom is -0.379 e. The van der Waals surface area contributed by atoms with Gasteiger partial charge < -0.3 is 10.1 Å². The molecule has 1 heterocycles. The van der Waals surface area contributed by atoms with Gasteiger partial charge in [-0.1, -0.05) is 6.42 Å². The van der Waals surface area contributed by atoms with Crippen molar-refractivity contribution in [3.63, 3.8) is 0 Å². The lowest BCUT2D eigenvalue weighted by molar-refractivity contribution is -0.124. The Balaban J connectivity index is 1.43. The highest BCUT2D eigenvalue weighted by molar-refractivity contribution is 5.78. The van der Waals surface area contributed by atoms with Crippen LogP contribution in [0.5, 0.6) is 0 Å². The van der Waals surface area contributed by atoms with E-state index in [0.29, 0.717) is 12.6 Å². The van der Waals surface area contributed by atoms with Gasteiger partial charge in [-0.2, -0.15) is 0 Å². The first-order valence-electron chi connectivity index (χ1n) is 7.82. The number of nitrogens with one attached hydrogen (secondary N) is 1. The van der Waals surface area contributed by atoms with Crippen LogP contribution in [-0.4, -0.2) is 49.7 Å². The third-order valence-corrected chi connectivity index (χ3v) is 5.29. The van der Waals surface area contributed by atoms with E-state index in [0.717, 1.165) is 44.1 Å². The van der Waals surface area contributed by atoms with E-state index in [9.17, 15) is 4.79 Å². The van der Waals surface area contributed by atoms with Crippen LogP contribution in [0.4, 0.5) is 0 Å². The normalized spacial score (nSPS) is 36.4. The predicted octanol–water partition coefficient (Wildman–Crippen LogP) is 1.26. The number of rotatable bonds is 4. The molecule has 2 bridgehead atoms. The first-order valence-corrected chi connectivity index (χ1v) is 7.82. The molecule has 1 saturated heterocycles. The molecule has 4 nitrogen and oxygen atoms in total. The first kappa shape index (κ1) is 13.4. The summed E-state index contributed by atoms with van der Waals surface area (Å²) in [5.74, 6) is 2.75. The monoisotopic (exact) mass is 266 g/mol. The third kappa shape index (κ3) is 3.11. The Morgan fingerprint density at radius 1 is 1.32 bits per heavy atom. The van der Waals surface area contributed by atoms with Crippen LogP contribution in [0.2, 0.25) is 0 Å². The molecule has 3 fully saturated rings. The average molecular weight is 266 g/mol. The van der Waals surface area contributed by atoms with Gasteiger partial charge in [-0.05, 0) is 43.9 Å². The van der Waals surface area contributed by atoms with E-state index < -0.39 is 0 Å². The molecule has 0 spiro atoms. The maximum Gasteiger partial charge on any atom is 0.234 e. The van der Waals surface area contributed by atoms with Crippen molar-refractivity contribution in [1.82, 2.24) is 10.2 Å². The molecule has 1 aliphatic heterocycles. The van der Waals surface area contributed by atoms with E-state index in [1.54, 1.807) is 0 Å². The highest BCUT2D eigenvalue weighted by Gasteiger charge is 2.42. The maximum absolute atomic E-state index is 12.1. The van der Waals surface area contributed by atoms with Crippen LogP contribution in [0.15, 0.2) is 0 Å². The average Bonchev–Trinajstić information content (AvgIpc) is 3.02. The van der Waals surface area contributed by atoms with Crippen molar-refractivity contribution >= 4 is 5.91 Å². The first-order chi connectivity index (χ1) is 9.22. The summed E-state index contributed by atoms with van der Waals surface area (Å²) in [6.07, 6.45) is 5.56. The van der Waals surface area contributed by atoms with Crippen LogP contribution in [0.25, 0.3) is 0 Å². The minimum absolute atomic E-state index is 0.192. The molecule has 0 radical (unpaired) electrons. The molecule has 0 unspecified atom stereocenters. The van der Waals surface area contributed by atoms with Gasteiger partial charge in [-0.25, -0.2) is 0 Å². The zero-order valence-corrected chi connectivity index (χ0v) is 11.9. The van der Waals surface area contributed by atoms with Crippen molar-refractivity contribution in [2.45, 2.75) is 38.6 Å². The Labute approximate surface area is 115 Å². The summed E-state index contributed by atoms with van der Waals surface area (Å²) in [5, 5.41) is 3.23. The summed E-state index contributed by atoms with van der Waals surface area (Å²) in [6, 6.07) is 0.351. The molecule has 4 atom stereocenters. The highest BCUT2D eigenvalue weighted by atomic mass is 16.5. The number of amides is 1. The minimum atomic E-state index is 0.192. The van der Waals surface area contributed by atoms with E-state index >= 15 is 0 Å². The third-order valence-electron chi connectivity index (χ3n) is 5.29. The van der Waals surface area contributed by atoms with Crippen molar-refractivity contribution in [3.8, 4) is 0 Å². The lowest BCUT2D eigenvalue weighted by Gasteiger charge is -2.30. The molecule has 2 aliphatic carbocycles. The Bertz CT molecular complexity index is 328. The predicted molar refractivity (Wildman–Crippen MR) is 73.8 cm³/mol. The van der Waals surface area contributed by atoms with Gasteiger partial charge in [-0.15, -0.1) is 0 Å². The molecule has 1 N–H and O–H groups in total. The molecular weight excluding hydrogens is 240 g/mol. The van der Waals surface area contributed by atoms with E-state index in [-0.39, 0.29) is 5.91 Å². The van der Waals surface area contributed by atoms with Gasteiger partial charge in [0.1, 0.15) is 0 Å². The highest BCUT2D eigenvalue weighted by Crippen LogP contribution is 2.49. The molecule has 108 valence electrons. The maximum atomic E-state index is 12.1. The molecule has 0 aromatic carbocycles. The Hall–Kier alpha value is -0.610. The standard InChI is InChI=1S/C15H26N2O2/c1-11(14-9-12-2-3-13(14)8-12)16-15(18)10-17-4-6-19-7-5-17/h11-14H,2-10H2,1H3,(H,16,18)/t11-,12+,13+,14+/m1/s1. The molecule has 4 heteroatoms. The van der Waals surface area contributed by atoms with Gasteiger partial charge in [0.15, 0.2) is 0 Å². The number of carbonyl (C=O) groups excluding carboxylic acids is 1. The number of hydrogen-bond donors (Lipinski definition) is 1.